The number of carbonyl (C=O) groups excluding carboxylic acids is 1. The van der Waals surface area contributed by atoms with Crippen molar-refractivity contribution in [3.63, 3.8) is 0 Å². The first-order chi connectivity index (χ1) is 21.5. The van der Waals surface area contributed by atoms with Crippen molar-refractivity contribution in [3.05, 3.63) is 81.8 Å². The molecule has 2 aliphatic heterocycles. The van der Waals surface area contributed by atoms with E-state index in [1.807, 2.05) is 50.7 Å². The predicted molar refractivity (Wildman–Crippen MR) is 173 cm³/mol. The molecule has 3 aromatic heterocycles. The van der Waals surface area contributed by atoms with Crippen molar-refractivity contribution < 1.29 is 13.9 Å². The molecule has 1 aromatic carbocycles. The number of rotatable bonds is 6. The van der Waals surface area contributed by atoms with Crippen LogP contribution in [0.3, 0.4) is 0 Å². The van der Waals surface area contributed by atoms with Crippen molar-refractivity contribution in [2.45, 2.75) is 45.3 Å². The summed E-state index contributed by atoms with van der Waals surface area (Å²) in [7, 11) is 3.89. The lowest BCUT2D eigenvalue weighted by Crippen LogP contribution is -2.61. The number of pyridine rings is 2. The predicted octanol–water partition coefficient (Wildman–Crippen LogP) is 4.80. The maximum atomic E-state index is 15.3. The van der Waals surface area contributed by atoms with Gasteiger partial charge in [0.25, 0.3) is 0 Å². The number of halogens is 2. The topological polar surface area (TPSA) is 96.7 Å². The second-order valence-electron chi connectivity index (χ2n) is 12.1. The summed E-state index contributed by atoms with van der Waals surface area (Å²) in [4.78, 5) is 47.1. The van der Waals surface area contributed by atoms with Crippen LogP contribution in [0, 0.1) is 5.82 Å². The Morgan fingerprint density at radius 3 is 2.67 bits per heavy atom. The molecule has 1 saturated heterocycles. The number of ether oxygens (including phenoxy) is 1. The van der Waals surface area contributed by atoms with E-state index in [1.54, 1.807) is 29.3 Å². The lowest BCUT2D eigenvalue weighted by atomic mass is 10.0. The first-order valence-electron chi connectivity index (χ1n) is 14.9. The number of nitrogens with zero attached hydrogens (tertiary/aromatic N) is 7. The Labute approximate surface area is 265 Å². The molecule has 1 fully saturated rings. The molecule has 234 valence electrons. The third kappa shape index (κ3) is 5.23. The van der Waals surface area contributed by atoms with Crippen LogP contribution in [0.5, 0.6) is 5.75 Å². The quantitative estimate of drug-likeness (QED) is 0.280. The number of carbonyl (C=O) groups is 1. The van der Waals surface area contributed by atoms with Gasteiger partial charge in [0, 0.05) is 37.4 Å². The highest BCUT2D eigenvalue weighted by molar-refractivity contribution is 6.36. The molecule has 12 heteroatoms. The number of anilines is 1. The van der Waals surface area contributed by atoms with Crippen molar-refractivity contribution >= 4 is 34.4 Å². The van der Waals surface area contributed by atoms with E-state index < -0.39 is 11.5 Å². The first kappa shape index (κ1) is 30.7. The van der Waals surface area contributed by atoms with Gasteiger partial charge < -0.3 is 19.4 Å². The van der Waals surface area contributed by atoms with Gasteiger partial charge in [-0.15, -0.1) is 0 Å². The summed E-state index contributed by atoms with van der Waals surface area (Å²) in [6.07, 6.45) is 3.03. The van der Waals surface area contributed by atoms with Crippen LogP contribution in [0.15, 0.2) is 54.0 Å². The fourth-order valence-electron chi connectivity index (χ4n) is 6.38. The molecule has 0 unspecified atom stereocenters. The largest absolute Gasteiger partial charge is 0.489 e. The van der Waals surface area contributed by atoms with Crippen molar-refractivity contribution in [2.24, 2.45) is 0 Å². The maximum Gasteiger partial charge on any atom is 0.355 e. The molecule has 0 radical (unpaired) electrons. The summed E-state index contributed by atoms with van der Waals surface area (Å²) in [5.74, 6) is -0.139. The third-order valence-electron chi connectivity index (χ3n) is 8.26. The Morgan fingerprint density at radius 2 is 1.98 bits per heavy atom. The minimum Gasteiger partial charge on any atom is -0.489 e. The smallest absolute Gasteiger partial charge is 0.355 e. The molecular formula is C33H35ClFN7O3. The summed E-state index contributed by atoms with van der Waals surface area (Å²) in [6, 6.07) is 7.51. The first-order valence-corrected chi connectivity index (χ1v) is 15.3. The molecule has 0 bridgehead atoms. The number of hydrogen-bond acceptors (Lipinski definition) is 8. The Kier molecular flexibility index (Phi) is 8.09. The number of fused-ring (bicyclic) bond motifs is 2. The Morgan fingerprint density at radius 1 is 1.22 bits per heavy atom. The van der Waals surface area contributed by atoms with E-state index in [1.165, 1.54) is 16.7 Å². The summed E-state index contributed by atoms with van der Waals surface area (Å²) >= 11 is 7.04. The van der Waals surface area contributed by atoms with Crippen LogP contribution in [0.25, 0.3) is 28.0 Å². The molecule has 2 atom stereocenters. The molecule has 0 N–H and O–H groups in total. The lowest BCUT2D eigenvalue weighted by Gasteiger charge is -2.45. The SMILES string of the molecule is C=CC(=O)N1C[C@@H]2COc3c(Cl)c(-c4ccccc4F)nc4c3c(nc(=O)n4-c3c(CN(C)C)ccnc3C(C)C)N2[C@H](C)C1. The number of piperazine rings is 1. The third-order valence-corrected chi connectivity index (χ3v) is 8.61. The lowest BCUT2D eigenvalue weighted by molar-refractivity contribution is -0.127. The van der Waals surface area contributed by atoms with Gasteiger partial charge in [-0.25, -0.2) is 18.7 Å². The van der Waals surface area contributed by atoms with E-state index in [0.29, 0.717) is 42.2 Å². The molecule has 4 aromatic rings. The minimum atomic E-state index is -0.565. The van der Waals surface area contributed by atoms with Gasteiger partial charge in [0.2, 0.25) is 5.91 Å². The van der Waals surface area contributed by atoms with Crippen molar-refractivity contribution in [1.82, 2.24) is 29.3 Å². The molecule has 5 heterocycles. The van der Waals surface area contributed by atoms with E-state index in [-0.39, 0.29) is 58.2 Å². The second kappa shape index (κ2) is 11.9. The van der Waals surface area contributed by atoms with E-state index >= 15 is 4.39 Å². The van der Waals surface area contributed by atoms with Crippen molar-refractivity contribution in [2.75, 3.05) is 38.7 Å². The van der Waals surface area contributed by atoms with Crippen LogP contribution >= 0.6 is 11.6 Å². The van der Waals surface area contributed by atoms with Gasteiger partial charge in [-0.05, 0) is 56.8 Å². The van der Waals surface area contributed by atoms with E-state index in [0.717, 1.165) is 5.56 Å². The number of hydrogen-bond donors (Lipinski definition) is 0. The van der Waals surface area contributed by atoms with Crippen LogP contribution in [-0.4, -0.2) is 81.1 Å². The summed E-state index contributed by atoms with van der Waals surface area (Å²) in [5, 5.41) is 0.544. The fourth-order valence-corrected chi connectivity index (χ4v) is 6.68. The van der Waals surface area contributed by atoms with Crippen LogP contribution in [0.1, 0.15) is 37.9 Å². The monoisotopic (exact) mass is 631 g/mol. The Bertz CT molecular complexity index is 1890. The van der Waals surface area contributed by atoms with Gasteiger partial charge in [0.1, 0.15) is 28.7 Å². The number of amides is 1. The zero-order chi connectivity index (χ0) is 32.2. The van der Waals surface area contributed by atoms with Gasteiger partial charge in [0.05, 0.1) is 23.1 Å². The molecule has 0 saturated carbocycles. The van der Waals surface area contributed by atoms with E-state index in [2.05, 4.69) is 11.6 Å². The summed E-state index contributed by atoms with van der Waals surface area (Å²) in [5.41, 5.74) is 2.09. The van der Waals surface area contributed by atoms with Crippen molar-refractivity contribution in [1.29, 1.82) is 0 Å². The average molecular weight is 632 g/mol. The van der Waals surface area contributed by atoms with Crippen LogP contribution < -0.4 is 15.3 Å². The minimum absolute atomic E-state index is 0.0478. The zero-order valence-electron chi connectivity index (χ0n) is 25.9. The molecule has 1 amide bonds. The van der Waals surface area contributed by atoms with Gasteiger partial charge in [-0.2, -0.15) is 4.98 Å². The van der Waals surface area contributed by atoms with E-state index in [9.17, 15) is 9.59 Å². The highest BCUT2D eigenvalue weighted by Crippen LogP contribution is 2.46. The Balaban J connectivity index is 1.73. The molecule has 0 aliphatic carbocycles. The maximum absolute atomic E-state index is 15.3. The number of benzene rings is 1. The zero-order valence-corrected chi connectivity index (χ0v) is 26.7. The van der Waals surface area contributed by atoms with Gasteiger partial charge in [-0.1, -0.05) is 44.2 Å². The Hall–Kier alpha value is -4.35. The molecule has 6 rings (SSSR count). The fraction of sp³-hybridized carbons (Fsp3) is 0.364. The average Bonchev–Trinajstić information content (AvgIpc) is 3.16. The van der Waals surface area contributed by atoms with Gasteiger partial charge >= 0.3 is 5.69 Å². The molecular weight excluding hydrogens is 597 g/mol. The summed E-state index contributed by atoms with van der Waals surface area (Å²) < 4.78 is 23.2. The van der Waals surface area contributed by atoms with E-state index in [4.69, 9.17) is 26.3 Å². The van der Waals surface area contributed by atoms with Gasteiger partial charge in [-0.3, -0.25) is 9.78 Å². The highest BCUT2D eigenvalue weighted by atomic mass is 35.5. The highest BCUT2D eigenvalue weighted by Gasteiger charge is 2.40. The molecule has 45 heavy (non-hydrogen) atoms. The molecule has 0 spiro atoms. The number of aromatic nitrogens is 4. The second-order valence-corrected chi connectivity index (χ2v) is 12.5. The molecule has 2 aliphatic rings. The van der Waals surface area contributed by atoms with Crippen molar-refractivity contribution in [3.8, 4) is 22.7 Å². The van der Waals surface area contributed by atoms with Crippen LogP contribution in [0.4, 0.5) is 10.2 Å². The van der Waals surface area contributed by atoms with Crippen LogP contribution in [0.2, 0.25) is 5.02 Å². The normalized spacial score (nSPS) is 17.8. The van der Waals surface area contributed by atoms with Gasteiger partial charge in [0.15, 0.2) is 11.4 Å². The standard InChI is InChI=1S/C33H35ClFN7O3/c1-7-24(43)40-14-19(4)41-21(16-40)17-45-30-25-31(37-28(26(30)34)22-10-8-9-11-23(22)35)42(33(44)38-32(25)41)29-20(15-39(5)6)12-13-36-27(29)18(2)3/h7-13,18-19,21H,1,14-17H2,2-6H3/t19-,21-/m1/s1. The van der Waals surface area contributed by atoms with Crippen LogP contribution in [-0.2, 0) is 11.3 Å². The molecule has 10 nitrogen and oxygen atoms in total. The summed E-state index contributed by atoms with van der Waals surface area (Å²) in [6.45, 7) is 11.0.